The van der Waals surface area contributed by atoms with Crippen molar-refractivity contribution in [2.45, 2.75) is 25.5 Å². The Hall–Kier alpha value is -5.45. The molecule has 4 aromatic rings. The maximum absolute atomic E-state index is 14.3. The van der Waals surface area contributed by atoms with E-state index >= 15 is 0 Å². The SMILES string of the molecule is C[C@H](/C=C/CCO)[C@@]1(O)C(=O)N(Cc2cccc(N3C(=O)COc4ccccc43)c2)c2ccc(N3C(=O)COc4ccccc43)cc21. The molecule has 0 aliphatic carbocycles. The van der Waals surface area contributed by atoms with Gasteiger partial charge in [-0.25, -0.2) is 0 Å². The number of nitrogens with zero attached hydrogens (tertiary/aromatic N) is 3. The van der Waals surface area contributed by atoms with Gasteiger partial charge < -0.3 is 24.6 Å². The molecule has 3 aliphatic heterocycles. The molecular formula is C37H33N3O7. The van der Waals surface area contributed by atoms with E-state index < -0.39 is 17.4 Å². The van der Waals surface area contributed by atoms with Crippen molar-refractivity contribution in [2.75, 3.05) is 34.5 Å². The van der Waals surface area contributed by atoms with Gasteiger partial charge in [-0.15, -0.1) is 0 Å². The first-order valence-electron chi connectivity index (χ1n) is 15.5. The van der Waals surface area contributed by atoms with Crippen LogP contribution in [0.4, 0.5) is 28.4 Å². The molecule has 47 heavy (non-hydrogen) atoms. The zero-order valence-corrected chi connectivity index (χ0v) is 25.7. The van der Waals surface area contributed by atoms with E-state index in [9.17, 15) is 24.6 Å². The largest absolute Gasteiger partial charge is 0.482 e. The van der Waals surface area contributed by atoms with Crippen LogP contribution in [0, 0.1) is 5.92 Å². The summed E-state index contributed by atoms with van der Waals surface area (Å²) < 4.78 is 11.2. The fraction of sp³-hybridized carbons (Fsp3) is 0.216. The molecular weight excluding hydrogens is 598 g/mol. The van der Waals surface area contributed by atoms with Gasteiger partial charge in [0.2, 0.25) is 0 Å². The van der Waals surface area contributed by atoms with Gasteiger partial charge in [0.15, 0.2) is 18.8 Å². The molecule has 238 valence electrons. The molecule has 3 amide bonds. The molecule has 0 unspecified atom stereocenters. The second-order valence-corrected chi connectivity index (χ2v) is 11.7. The number of benzene rings is 4. The Bertz CT molecular complexity index is 1920. The van der Waals surface area contributed by atoms with Gasteiger partial charge in [-0.2, -0.15) is 0 Å². The van der Waals surface area contributed by atoms with Crippen molar-refractivity contribution in [3.8, 4) is 11.5 Å². The van der Waals surface area contributed by atoms with Crippen LogP contribution in [0.5, 0.6) is 11.5 Å². The third kappa shape index (κ3) is 5.11. The number of hydrogen-bond acceptors (Lipinski definition) is 7. The van der Waals surface area contributed by atoms with Gasteiger partial charge in [0.25, 0.3) is 17.7 Å². The van der Waals surface area contributed by atoms with Crippen molar-refractivity contribution in [1.82, 2.24) is 0 Å². The van der Waals surface area contributed by atoms with Crippen LogP contribution in [0.15, 0.2) is 103 Å². The number of amides is 3. The smallest absolute Gasteiger partial charge is 0.269 e. The molecule has 0 saturated heterocycles. The first-order valence-corrected chi connectivity index (χ1v) is 15.5. The standard InChI is InChI=1S/C37H33N3O7/c1-24(9-6-7-18-41)37(45)28-20-27(40-31-13-3-5-15-33(31)47-23-35(40)43)16-17-29(28)38(36(37)44)21-25-10-8-11-26(19-25)39-30-12-2-4-14-32(30)46-22-34(39)42/h2-6,8-17,19-20,24,41,45H,7,18,21-23H2,1H3/b9-6+/t24-,37+/m1/s1. The molecule has 3 heterocycles. The lowest BCUT2D eigenvalue weighted by atomic mass is 9.82. The maximum atomic E-state index is 14.3. The molecule has 0 aromatic heterocycles. The Morgan fingerprint density at radius 2 is 1.40 bits per heavy atom. The van der Waals surface area contributed by atoms with Gasteiger partial charge in [0, 0.05) is 29.5 Å². The molecule has 0 bridgehead atoms. The van der Waals surface area contributed by atoms with Crippen molar-refractivity contribution < 1.29 is 34.1 Å². The van der Waals surface area contributed by atoms with E-state index in [4.69, 9.17) is 9.47 Å². The highest BCUT2D eigenvalue weighted by atomic mass is 16.5. The third-order valence-electron chi connectivity index (χ3n) is 8.81. The van der Waals surface area contributed by atoms with Gasteiger partial charge in [-0.1, -0.05) is 55.5 Å². The van der Waals surface area contributed by atoms with Gasteiger partial charge in [0.1, 0.15) is 11.5 Å². The van der Waals surface area contributed by atoms with E-state index in [0.717, 1.165) is 5.56 Å². The normalized spacial score (nSPS) is 19.3. The van der Waals surface area contributed by atoms with Crippen molar-refractivity contribution in [1.29, 1.82) is 0 Å². The molecule has 10 nitrogen and oxygen atoms in total. The molecule has 0 spiro atoms. The molecule has 2 N–H and O–H groups in total. The summed E-state index contributed by atoms with van der Waals surface area (Å²) in [5.41, 5.74) is 1.99. The lowest BCUT2D eigenvalue weighted by Gasteiger charge is -2.31. The van der Waals surface area contributed by atoms with Crippen LogP contribution in [-0.2, 0) is 26.5 Å². The van der Waals surface area contributed by atoms with E-state index in [1.54, 1.807) is 64.1 Å². The summed E-state index contributed by atoms with van der Waals surface area (Å²) in [6.07, 6.45) is 3.84. The van der Waals surface area contributed by atoms with Crippen LogP contribution >= 0.6 is 0 Å². The number of carbonyl (C=O) groups is 3. The fourth-order valence-electron chi connectivity index (χ4n) is 6.49. The van der Waals surface area contributed by atoms with Crippen molar-refractivity contribution in [3.63, 3.8) is 0 Å². The number of carbonyl (C=O) groups excluding carboxylic acids is 3. The maximum Gasteiger partial charge on any atom is 0.269 e. The lowest BCUT2D eigenvalue weighted by Crippen LogP contribution is -2.44. The van der Waals surface area contributed by atoms with E-state index in [2.05, 4.69) is 0 Å². The van der Waals surface area contributed by atoms with E-state index in [1.165, 1.54) is 0 Å². The summed E-state index contributed by atoms with van der Waals surface area (Å²) >= 11 is 0. The van der Waals surface area contributed by atoms with Crippen LogP contribution in [0.1, 0.15) is 24.5 Å². The number of para-hydroxylation sites is 4. The minimum Gasteiger partial charge on any atom is -0.482 e. The molecule has 0 saturated carbocycles. The van der Waals surface area contributed by atoms with Crippen LogP contribution < -0.4 is 24.2 Å². The predicted molar refractivity (Wildman–Crippen MR) is 176 cm³/mol. The Morgan fingerprint density at radius 3 is 2.04 bits per heavy atom. The van der Waals surface area contributed by atoms with Crippen molar-refractivity contribution >= 4 is 46.2 Å². The van der Waals surface area contributed by atoms with Crippen LogP contribution in [0.3, 0.4) is 0 Å². The minimum absolute atomic E-state index is 0.0620. The van der Waals surface area contributed by atoms with Gasteiger partial charge in [-0.05, 0) is 66.6 Å². The van der Waals surface area contributed by atoms with Crippen LogP contribution in [-0.4, -0.2) is 47.8 Å². The van der Waals surface area contributed by atoms with E-state index in [0.29, 0.717) is 51.9 Å². The molecule has 3 aliphatic rings. The van der Waals surface area contributed by atoms with Gasteiger partial charge >= 0.3 is 0 Å². The molecule has 4 aromatic carbocycles. The number of fused-ring (bicyclic) bond motifs is 3. The topological polar surface area (TPSA) is 120 Å². The molecule has 10 heteroatoms. The van der Waals surface area contributed by atoms with Crippen LogP contribution in [0.2, 0.25) is 0 Å². The average Bonchev–Trinajstić information content (AvgIpc) is 3.30. The van der Waals surface area contributed by atoms with Crippen LogP contribution in [0.25, 0.3) is 0 Å². The summed E-state index contributed by atoms with van der Waals surface area (Å²) in [7, 11) is 0. The predicted octanol–water partition coefficient (Wildman–Crippen LogP) is 5.11. The minimum atomic E-state index is -1.96. The highest BCUT2D eigenvalue weighted by molar-refractivity contribution is 6.09. The van der Waals surface area contributed by atoms with E-state index in [1.807, 2.05) is 60.7 Å². The number of aliphatic hydroxyl groups excluding tert-OH is 1. The van der Waals surface area contributed by atoms with E-state index in [-0.39, 0.29) is 38.2 Å². The summed E-state index contributed by atoms with van der Waals surface area (Å²) in [4.78, 5) is 45.2. The van der Waals surface area contributed by atoms with Crippen molar-refractivity contribution in [2.24, 2.45) is 5.92 Å². The zero-order chi connectivity index (χ0) is 32.7. The third-order valence-corrected chi connectivity index (χ3v) is 8.81. The first kappa shape index (κ1) is 30.2. The number of ether oxygens (including phenoxy) is 2. The Labute approximate surface area is 271 Å². The number of hydrogen-bond donors (Lipinski definition) is 2. The Morgan fingerprint density at radius 1 is 0.787 bits per heavy atom. The van der Waals surface area contributed by atoms with Crippen molar-refractivity contribution in [3.05, 3.63) is 114 Å². The highest BCUT2D eigenvalue weighted by Crippen LogP contribution is 2.49. The quantitative estimate of drug-likeness (QED) is 0.260. The Kier molecular flexibility index (Phi) is 7.75. The average molecular weight is 632 g/mol. The number of anilines is 5. The summed E-state index contributed by atoms with van der Waals surface area (Å²) in [6, 6.07) is 27.1. The molecule has 2 atom stereocenters. The fourth-order valence-corrected chi connectivity index (χ4v) is 6.49. The summed E-state index contributed by atoms with van der Waals surface area (Å²) in [5, 5.41) is 21.6. The lowest BCUT2D eigenvalue weighted by molar-refractivity contribution is -0.139. The number of rotatable bonds is 8. The molecule has 0 radical (unpaired) electrons. The van der Waals surface area contributed by atoms with Gasteiger partial charge in [0.05, 0.1) is 23.6 Å². The Balaban J connectivity index is 1.28. The summed E-state index contributed by atoms with van der Waals surface area (Å²) in [6.45, 7) is 1.58. The first-order chi connectivity index (χ1) is 22.8. The molecule has 7 rings (SSSR count). The second-order valence-electron chi connectivity index (χ2n) is 11.7. The second kappa shape index (κ2) is 12.1. The van der Waals surface area contributed by atoms with Gasteiger partial charge in [-0.3, -0.25) is 24.2 Å². The zero-order valence-electron chi connectivity index (χ0n) is 25.7. The monoisotopic (exact) mass is 631 g/mol. The highest BCUT2D eigenvalue weighted by Gasteiger charge is 2.53. The number of aliphatic hydroxyl groups is 2. The summed E-state index contributed by atoms with van der Waals surface area (Å²) in [5.74, 6) is -0.512. The molecule has 0 fully saturated rings.